The highest BCUT2D eigenvalue weighted by Gasteiger charge is 2.23. The fourth-order valence-electron chi connectivity index (χ4n) is 2.81. The second kappa shape index (κ2) is 7.54. The number of nitrogens with one attached hydrogen (secondary N) is 2. The first-order valence-electron chi connectivity index (χ1n) is 8.27. The number of carbonyl (C=O) groups is 1. The number of amides is 1. The molecule has 0 bridgehead atoms. The van der Waals surface area contributed by atoms with Crippen LogP contribution in [0.1, 0.15) is 45.2 Å². The van der Waals surface area contributed by atoms with Crippen LogP contribution in [0.3, 0.4) is 0 Å². The van der Waals surface area contributed by atoms with Gasteiger partial charge in [0.1, 0.15) is 5.60 Å². The third kappa shape index (κ3) is 5.70. The average Bonchev–Trinajstić information content (AvgIpc) is 2.83. The first kappa shape index (κ1) is 18.1. The standard InChI is InChI=1S/C18H27ClN2O2/c1-5-15(21-17(22)23-18(2,3)4)11-20-16-9-12-6-7-14(19)8-13(12)10-16/h6-8,15-16,20H,5,9-11H2,1-4H3,(H,21,22). The SMILES string of the molecule is CCC(CNC1Cc2ccc(Cl)cc2C1)NC(=O)OC(C)(C)C. The summed E-state index contributed by atoms with van der Waals surface area (Å²) >= 11 is 6.05. The van der Waals surface area contributed by atoms with E-state index in [2.05, 4.69) is 29.7 Å². The van der Waals surface area contributed by atoms with Crippen LogP contribution in [0, 0.1) is 0 Å². The second-order valence-electron chi connectivity index (χ2n) is 7.18. The van der Waals surface area contributed by atoms with Crippen molar-refractivity contribution in [3.8, 4) is 0 Å². The summed E-state index contributed by atoms with van der Waals surface area (Å²) in [5, 5.41) is 7.28. The first-order valence-corrected chi connectivity index (χ1v) is 8.65. The average molecular weight is 339 g/mol. The zero-order chi connectivity index (χ0) is 17.0. The lowest BCUT2D eigenvalue weighted by Crippen LogP contribution is -2.46. The Kier molecular flexibility index (Phi) is 5.93. The van der Waals surface area contributed by atoms with Crippen molar-refractivity contribution in [2.75, 3.05) is 6.54 Å². The Hall–Kier alpha value is -1.26. The predicted molar refractivity (Wildman–Crippen MR) is 94.1 cm³/mol. The summed E-state index contributed by atoms with van der Waals surface area (Å²) in [5.41, 5.74) is 2.21. The van der Waals surface area contributed by atoms with Crippen LogP contribution >= 0.6 is 11.6 Å². The van der Waals surface area contributed by atoms with Gasteiger partial charge in [-0.1, -0.05) is 24.6 Å². The molecule has 2 atom stereocenters. The number of alkyl carbamates (subject to hydrolysis) is 1. The van der Waals surface area contributed by atoms with E-state index in [0.29, 0.717) is 6.04 Å². The molecule has 0 fully saturated rings. The summed E-state index contributed by atoms with van der Waals surface area (Å²) in [6.07, 6.45) is 2.50. The molecule has 23 heavy (non-hydrogen) atoms. The van der Waals surface area contributed by atoms with Gasteiger partial charge < -0.3 is 15.4 Å². The summed E-state index contributed by atoms with van der Waals surface area (Å²) in [6.45, 7) is 8.40. The molecule has 0 saturated heterocycles. The van der Waals surface area contributed by atoms with Crippen molar-refractivity contribution in [2.24, 2.45) is 0 Å². The summed E-state index contributed by atoms with van der Waals surface area (Å²) in [5.74, 6) is 0. The van der Waals surface area contributed by atoms with E-state index in [-0.39, 0.29) is 12.1 Å². The Bertz CT molecular complexity index is 554. The fourth-order valence-corrected chi connectivity index (χ4v) is 3.01. The quantitative estimate of drug-likeness (QED) is 0.860. The molecule has 0 spiro atoms. The van der Waals surface area contributed by atoms with Crippen LogP contribution in [0.25, 0.3) is 0 Å². The normalized spacial score (nSPS) is 18.4. The molecule has 0 saturated carbocycles. The Morgan fingerprint density at radius 1 is 1.35 bits per heavy atom. The summed E-state index contributed by atoms with van der Waals surface area (Å²) in [7, 11) is 0. The maximum absolute atomic E-state index is 11.9. The lowest BCUT2D eigenvalue weighted by Gasteiger charge is -2.24. The van der Waals surface area contributed by atoms with Crippen LogP contribution in [-0.4, -0.2) is 30.3 Å². The minimum Gasteiger partial charge on any atom is -0.444 e. The van der Waals surface area contributed by atoms with Gasteiger partial charge in [0.05, 0.1) is 0 Å². The van der Waals surface area contributed by atoms with Gasteiger partial charge in [0.15, 0.2) is 0 Å². The van der Waals surface area contributed by atoms with E-state index in [9.17, 15) is 4.79 Å². The summed E-state index contributed by atoms with van der Waals surface area (Å²) in [4.78, 5) is 11.9. The number of carbonyl (C=O) groups excluding carboxylic acids is 1. The van der Waals surface area contributed by atoms with Gasteiger partial charge in [-0.15, -0.1) is 0 Å². The number of hydrogen-bond donors (Lipinski definition) is 2. The smallest absolute Gasteiger partial charge is 0.407 e. The zero-order valence-electron chi connectivity index (χ0n) is 14.4. The fraction of sp³-hybridized carbons (Fsp3) is 0.611. The van der Waals surface area contributed by atoms with Gasteiger partial charge in [0.2, 0.25) is 0 Å². The van der Waals surface area contributed by atoms with Gasteiger partial charge in [0.25, 0.3) is 0 Å². The van der Waals surface area contributed by atoms with Crippen LogP contribution in [0.2, 0.25) is 5.02 Å². The number of hydrogen-bond acceptors (Lipinski definition) is 3. The maximum atomic E-state index is 11.9. The maximum Gasteiger partial charge on any atom is 0.407 e. The van der Waals surface area contributed by atoms with Crippen LogP contribution in [-0.2, 0) is 17.6 Å². The van der Waals surface area contributed by atoms with Crippen molar-refractivity contribution < 1.29 is 9.53 Å². The van der Waals surface area contributed by atoms with E-state index in [1.165, 1.54) is 11.1 Å². The number of benzene rings is 1. The number of fused-ring (bicyclic) bond motifs is 1. The Morgan fingerprint density at radius 2 is 2.04 bits per heavy atom. The molecule has 0 radical (unpaired) electrons. The minimum atomic E-state index is -0.470. The highest BCUT2D eigenvalue weighted by atomic mass is 35.5. The number of rotatable bonds is 5. The molecule has 5 heteroatoms. The molecule has 4 nitrogen and oxygen atoms in total. The van der Waals surface area contributed by atoms with E-state index < -0.39 is 5.60 Å². The molecule has 2 unspecified atom stereocenters. The van der Waals surface area contributed by atoms with Crippen molar-refractivity contribution in [3.05, 3.63) is 34.3 Å². The third-order valence-electron chi connectivity index (χ3n) is 3.97. The molecular weight excluding hydrogens is 312 g/mol. The highest BCUT2D eigenvalue weighted by molar-refractivity contribution is 6.30. The van der Waals surface area contributed by atoms with E-state index in [1.807, 2.05) is 26.8 Å². The van der Waals surface area contributed by atoms with Crippen LogP contribution in [0.5, 0.6) is 0 Å². The van der Waals surface area contributed by atoms with Gasteiger partial charge in [0, 0.05) is 23.7 Å². The van der Waals surface area contributed by atoms with Crippen LogP contribution in [0.4, 0.5) is 4.79 Å². The summed E-state index contributed by atoms with van der Waals surface area (Å²) < 4.78 is 5.31. The van der Waals surface area contributed by atoms with Gasteiger partial charge in [-0.25, -0.2) is 4.79 Å². The third-order valence-corrected chi connectivity index (χ3v) is 4.20. The van der Waals surface area contributed by atoms with Crippen molar-refractivity contribution >= 4 is 17.7 Å². The lowest BCUT2D eigenvalue weighted by molar-refractivity contribution is 0.0502. The van der Waals surface area contributed by atoms with E-state index in [0.717, 1.165) is 30.8 Å². The monoisotopic (exact) mass is 338 g/mol. The van der Waals surface area contributed by atoms with Gasteiger partial charge in [-0.05, 0) is 63.3 Å². The van der Waals surface area contributed by atoms with Crippen molar-refractivity contribution in [1.29, 1.82) is 0 Å². The Balaban J connectivity index is 1.79. The largest absolute Gasteiger partial charge is 0.444 e. The zero-order valence-corrected chi connectivity index (χ0v) is 15.2. The molecule has 0 aliphatic heterocycles. The van der Waals surface area contributed by atoms with Gasteiger partial charge >= 0.3 is 6.09 Å². The highest BCUT2D eigenvalue weighted by Crippen LogP contribution is 2.25. The molecule has 1 aliphatic carbocycles. The molecule has 0 heterocycles. The topological polar surface area (TPSA) is 50.4 Å². The number of halogens is 1. The van der Waals surface area contributed by atoms with Crippen LogP contribution in [0.15, 0.2) is 18.2 Å². The van der Waals surface area contributed by atoms with Gasteiger partial charge in [-0.2, -0.15) is 0 Å². The Morgan fingerprint density at radius 3 is 2.70 bits per heavy atom. The minimum absolute atomic E-state index is 0.0668. The molecule has 1 aromatic carbocycles. The molecular formula is C18H27ClN2O2. The lowest BCUT2D eigenvalue weighted by atomic mass is 10.1. The van der Waals surface area contributed by atoms with E-state index >= 15 is 0 Å². The van der Waals surface area contributed by atoms with Gasteiger partial charge in [-0.3, -0.25) is 0 Å². The molecule has 0 aromatic heterocycles. The van der Waals surface area contributed by atoms with Crippen molar-refractivity contribution in [1.82, 2.24) is 10.6 Å². The molecule has 128 valence electrons. The molecule has 1 amide bonds. The van der Waals surface area contributed by atoms with E-state index in [1.54, 1.807) is 0 Å². The van der Waals surface area contributed by atoms with Crippen LogP contribution < -0.4 is 10.6 Å². The number of ether oxygens (including phenoxy) is 1. The predicted octanol–water partition coefficient (Wildman–Crippen LogP) is 3.70. The van der Waals surface area contributed by atoms with Crippen molar-refractivity contribution in [3.63, 3.8) is 0 Å². The molecule has 2 N–H and O–H groups in total. The molecule has 1 aromatic rings. The molecule has 2 rings (SSSR count). The first-order chi connectivity index (χ1) is 10.8. The molecule has 1 aliphatic rings. The summed E-state index contributed by atoms with van der Waals surface area (Å²) in [6, 6.07) is 6.57. The second-order valence-corrected chi connectivity index (χ2v) is 7.61. The van der Waals surface area contributed by atoms with E-state index in [4.69, 9.17) is 16.3 Å². The Labute approximate surface area is 143 Å². The van der Waals surface area contributed by atoms with Crippen molar-refractivity contribution in [2.45, 2.75) is 64.6 Å².